The zero-order chi connectivity index (χ0) is 19.9. The van der Waals surface area contributed by atoms with E-state index in [0.717, 1.165) is 30.4 Å². The van der Waals surface area contributed by atoms with Crippen LogP contribution < -0.4 is 10.6 Å². The fourth-order valence-corrected chi connectivity index (χ4v) is 3.96. The lowest BCUT2D eigenvalue weighted by Crippen LogP contribution is -2.36. The van der Waals surface area contributed by atoms with Gasteiger partial charge in [-0.3, -0.25) is 9.59 Å². The Labute approximate surface area is 169 Å². The number of nitrogens with zero attached hydrogens (tertiary/aromatic N) is 3. The van der Waals surface area contributed by atoms with Crippen molar-refractivity contribution in [2.45, 2.75) is 33.1 Å². The fraction of sp³-hybridized carbons (Fsp3) is 0.500. The second-order valence-corrected chi connectivity index (χ2v) is 8.50. The van der Waals surface area contributed by atoms with Crippen LogP contribution in [0.1, 0.15) is 51.4 Å². The maximum atomic E-state index is 12.3. The predicted molar refractivity (Wildman–Crippen MR) is 111 cm³/mol. The molecule has 3 rings (SSSR count). The molecule has 8 heteroatoms. The SMILES string of the molecule is Cc1nnc(C(=O)Nc2ccc(C(=O)NCCCN3CCCC(C)C3)cc2)s1. The molecule has 0 bridgehead atoms. The summed E-state index contributed by atoms with van der Waals surface area (Å²) in [4.78, 5) is 26.8. The van der Waals surface area contributed by atoms with E-state index in [1.807, 2.05) is 0 Å². The highest BCUT2D eigenvalue weighted by atomic mass is 32.1. The van der Waals surface area contributed by atoms with Gasteiger partial charge in [0.1, 0.15) is 5.01 Å². The third kappa shape index (κ3) is 5.84. The van der Waals surface area contributed by atoms with E-state index in [0.29, 0.717) is 22.8 Å². The molecule has 1 aliphatic rings. The van der Waals surface area contributed by atoms with Crippen LogP contribution in [0.3, 0.4) is 0 Å². The summed E-state index contributed by atoms with van der Waals surface area (Å²) in [7, 11) is 0. The number of carbonyl (C=O) groups excluding carboxylic acids is 2. The molecule has 150 valence electrons. The van der Waals surface area contributed by atoms with Crippen LogP contribution >= 0.6 is 11.3 Å². The third-order valence-electron chi connectivity index (χ3n) is 4.80. The average Bonchev–Trinajstić information content (AvgIpc) is 3.12. The first-order valence-corrected chi connectivity index (χ1v) is 10.5. The number of nitrogens with one attached hydrogen (secondary N) is 2. The van der Waals surface area contributed by atoms with Crippen LogP contribution in [-0.4, -0.2) is 53.1 Å². The molecule has 1 aliphatic heterocycles. The molecule has 0 aliphatic carbocycles. The number of hydrogen-bond acceptors (Lipinski definition) is 6. The average molecular weight is 402 g/mol. The maximum absolute atomic E-state index is 12.3. The van der Waals surface area contributed by atoms with Crippen molar-refractivity contribution >= 4 is 28.8 Å². The number of amides is 2. The quantitative estimate of drug-likeness (QED) is 0.697. The van der Waals surface area contributed by atoms with Crippen molar-refractivity contribution < 1.29 is 9.59 Å². The van der Waals surface area contributed by atoms with Crippen LogP contribution in [0.25, 0.3) is 0 Å². The van der Waals surface area contributed by atoms with E-state index < -0.39 is 0 Å². The summed E-state index contributed by atoms with van der Waals surface area (Å²) in [6, 6.07) is 6.86. The first-order valence-electron chi connectivity index (χ1n) is 9.73. The summed E-state index contributed by atoms with van der Waals surface area (Å²) in [5, 5.41) is 14.5. The van der Waals surface area contributed by atoms with E-state index in [1.54, 1.807) is 31.2 Å². The monoisotopic (exact) mass is 401 g/mol. The molecule has 7 nitrogen and oxygen atoms in total. The van der Waals surface area contributed by atoms with Crippen molar-refractivity contribution in [1.29, 1.82) is 0 Å². The maximum Gasteiger partial charge on any atom is 0.286 e. The lowest BCUT2D eigenvalue weighted by atomic mass is 10.0. The Morgan fingerprint density at radius 1 is 1.21 bits per heavy atom. The van der Waals surface area contributed by atoms with Crippen LogP contribution in [0.15, 0.2) is 24.3 Å². The van der Waals surface area contributed by atoms with E-state index in [-0.39, 0.29) is 11.8 Å². The molecular formula is C20H27N5O2S. The minimum absolute atomic E-state index is 0.0929. The van der Waals surface area contributed by atoms with Crippen LogP contribution in [0.4, 0.5) is 5.69 Å². The van der Waals surface area contributed by atoms with Gasteiger partial charge in [0, 0.05) is 24.3 Å². The number of rotatable bonds is 7. The Balaban J connectivity index is 1.41. The second kappa shape index (κ2) is 9.75. The summed E-state index contributed by atoms with van der Waals surface area (Å²) in [6.07, 6.45) is 3.55. The van der Waals surface area contributed by atoms with Gasteiger partial charge in [-0.2, -0.15) is 0 Å². The van der Waals surface area contributed by atoms with Gasteiger partial charge in [0.25, 0.3) is 11.8 Å². The summed E-state index contributed by atoms with van der Waals surface area (Å²) in [6.45, 7) is 8.13. The third-order valence-corrected chi connectivity index (χ3v) is 5.64. The van der Waals surface area contributed by atoms with Crippen LogP contribution in [0.2, 0.25) is 0 Å². The molecule has 1 unspecified atom stereocenters. The number of piperidine rings is 1. The minimum Gasteiger partial charge on any atom is -0.352 e. The molecule has 2 aromatic rings. The predicted octanol–water partition coefficient (Wildman–Crippen LogP) is 2.95. The van der Waals surface area contributed by atoms with Crippen molar-refractivity contribution in [2.75, 3.05) is 31.5 Å². The van der Waals surface area contributed by atoms with Crippen molar-refractivity contribution in [3.8, 4) is 0 Å². The number of hydrogen-bond donors (Lipinski definition) is 2. The number of aromatic nitrogens is 2. The van der Waals surface area contributed by atoms with Crippen molar-refractivity contribution in [3.63, 3.8) is 0 Å². The van der Waals surface area contributed by atoms with Crippen LogP contribution in [0, 0.1) is 12.8 Å². The standard InChI is InChI=1S/C20H27N5O2S/c1-14-5-3-11-25(13-14)12-4-10-21-18(26)16-6-8-17(9-7-16)22-19(27)20-24-23-15(2)28-20/h6-9,14H,3-5,10-13H2,1-2H3,(H,21,26)(H,22,27). The molecule has 0 saturated carbocycles. The normalized spacial score (nSPS) is 17.3. The summed E-state index contributed by atoms with van der Waals surface area (Å²) in [5.74, 6) is 0.387. The van der Waals surface area contributed by atoms with E-state index >= 15 is 0 Å². The first-order chi connectivity index (χ1) is 13.5. The van der Waals surface area contributed by atoms with E-state index in [2.05, 4.69) is 32.7 Å². The molecule has 1 aromatic carbocycles. The molecule has 1 aromatic heterocycles. The van der Waals surface area contributed by atoms with E-state index in [9.17, 15) is 9.59 Å². The van der Waals surface area contributed by atoms with Gasteiger partial charge < -0.3 is 15.5 Å². The van der Waals surface area contributed by atoms with Gasteiger partial charge in [0.05, 0.1) is 0 Å². The van der Waals surface area contributed by atoms with Gasteiger partial charge in [-0.15, -0.1) is 10.2 Å². The van der Waals surface area contributed by atoms with Gasteiger partial charge in [-0.25, -0.2) is 0 Å². The molecule has 1 atom stereocenters. The van der Waals surface area contributed by atoms with E-state index in [4.69, 9.17) is 0 Å². The van der Waals surface area contributed by atoms with Crippen molar-refractivity contribution in [1.82, 2.24) is 20.4 Å². The van der Waals surface area contributed by atoms with Gasteiger partial charge in [-0.1, -0.05) is 18.3 Å². The molecule has 2 amide bonds. The Bertz CT molecular complexity index is 805. The minimum atomic E-state index is -0.296. The summed E-state index contributed by atoms with van der Waals surface area (Å²) in [5.41, 5.74) is 1.20. The van der Waals surface area contributed by atoms with E-state index in [1.165, 1.54) is 30.7 Å². The lowest BCUT2D eigenvalue weighted by Gasteiger charge is -2.30. The Morgan fingerprint density at radius 2 is 2.00 bits per heavy atom. The van der Waals surface area contributed by atoms with Gasteiger partial charge in [0.2, 0.25) is 5.01 Å². The largest absolute Gasteiger partial charge is 0.352 e. The zero-order valence-corrected chi connectivity index (χ0v) is 17.2. The Hall–Kier alpha value is -2.32. The molecule has 28 heavy (non-hydrogen) atoms. The molecular weight excluding hydrogens is 374 g/mol. The molecule has 1 fully saturated rings. The molecule has 0 spiro atoms. The number of carbonyl (C=O) groups is 2. The van der Waals surface area contributed by atoms with Gasteiger partial charge in [0.15, 0.2) is 0 Å². The highest BCUT2D eigenvalue weighted by molar-refractivity contribution is 7.13. The smallest absolute Gasteiger partial charge is 0.286 e. The number of benzene rings is 1. The van der Waals surface area contributed by atoms with Gasteiger partial charge >= 0.3 is 0 Å². The summed E-state index contributed by atoms with van der Waals surface area (Å²) < 4.78 is 0. The van der Waals surface area contributed by atoms with Crippen LogP contribution in [-0.2, 0) is 0 Å². The number of anilines is 1. The summed E-state index contributed by atoms with van der Waals surface area (Å²) >= 11 is 1.24. The topological polar surface area (TPSA) is 87.2 Å². The molecule has 2 heterocycles. The zero-order valence-electron chi connectivity index (χ0n) is 16.4. The highest BCUT2D eigenvalue weighted by Crippen LogP contribution is 2.16. The number of likely N-dealkylation sites (tertiary alicyclic amines) is 1. The first kappa shape index (κ1) is 20.4. The van der Waals surface area contributed by atoms with Crippen molar-refractivity contribution in [2.24, 2.45) is 5.92 Å². The fourth-order valence-electron chi connectivity index (χ4n) is 3.37. The lowest BCUT2D eigenvalue weighted by molar-refractivity contribution is 0.0949. The molecule has 0 radical (unpaired) electrons. The molecule has 1 saturated heterocycles. The van der Waals surface area contributed by atoms with Crippen LogP contribution in [0.5, 0.6) is 0 Å². The highest BCUT2D eigenvalue weighted by Gasteiger charge is 2.16. The Morgan fingerprint density at radius 3 is 2.68 bits per heavy atom. The molecule has 2 N–H and O–H groups in total. The van der Waals surface area contributed by atoms with Crippen molar-refractivity contribution in [3.05, 3.63) is 39.8 Å². The van der Waals surface area contributed by atoms with Gasteiger partial charge in [-0.05, 0) is 69.5 Å². The Kier molecular flexibility index (Phi) is 7.11. The second-order valence-electron chi connectivity index (χ2n) is 7.32. The number of aryl methyl sites for hydroxylation is 1.